The molecule has 0 bridgehead atoms. The molecular weight excluding hydrogens is 140 g/mol. The molecule has 0 saturated carbocycles. The summed E-state index contributed by atoms with van der Waals surface area (Å²) in [6.07, 6.45) is 2.22. The average Bonchev–Trinajstić information content (AvgIpc) is 1.90. The highest BCUT2D eigenvalue weighted by Gasteiger charge is 1.87. The van der Waals surface area contributed by atoms with Gasteiger partial charge in [-0.25, -0.2) is 0 Å². The molecule has 0 aliphatic rings. The van der Waals surface area contributed by atoms with Crippen molar-refractivity contribution >= 4 is 10.2 Å². The minimum Gasteiger partial charge on any atom is -0.372 e. The van der Waals surface area contributed by atoms with Gasteiger partial charge in [0.05, 0.1) is 5.82 Å². The summed E-state index contributed by atoms with van der Waals surface area (Å²) in [5.74, 6) is 1.19. The van der Waals surface area contributed by atoms with Crippen LogP contribution in [-0.2, 0) is 0 Å². The van der Waals surface area contributed by atoms with Crippen LogP contribution in [0.1, 0.15) is 13.8 Å². The van der Waals surface area contributed by atoms with Crippen molar-refractivity contribution < 1.29 is 0 Å². The van der Waals surface area contributed by atoms with Gasteiger partial charge >= 0.3 is 0 Å². The first-order valence-corrected chi connectivity index (χ1v) is 5.44. The maximum absolute atomic E-state index is 3.26. The normalized spacial score (nSPS) is 9.00. The zero-order valence-electron chi connectivity index (χ0n) is 7.20. The summed E-state index contributed by atoms with van der Waals surface area (Å²) in [5.41, 5.74) is 0. The van der Waals surface area contributed by atoms with E-state index in [-0.39, 0.29) is 0 Å². The molecule has 2 N–H and O–H groups in total. The lowest BCUT2D eigenvalue weighted by atomic mass is 10.5. The van der Waals surface area contributed by atoms with Crippen LogP contribution in [0.25, 0.3) is 0 Å². The molecule has 0 spiro atoms. The highest BCUT2D eigenvalue weighted by atomic mass is 28.1. The van der Waals surface area contributed by atoms with Crippen LogP contribution in [-0.4, -0.2) is 23.3 Å². The first kappa shape index (κ1) is 9.56. The van der Waals surface area contributed by atoms with Crippen LogP contribution in [0.2, 0.25) is 6.04 Å². The molecule has 0 saturated heterocycles. The van der Waals surface area contributed by atoms with Gasteiger partial charge in [-0.3, -0.25) is 0 Å². The predicted molar refractivity (Wildman–Crippen MR) is 50.2 cm³/mol. The average molecular weight is 158 g/mol. The molecule has 0 amide bonds. The van der Waals surface area contributed by atoms with Crippen LogP contribution >= 0.6 is 0 Å². The van der Waals surface area contributed by atoms with Crippen LogP contribution in [0, 0.1) is 0 Å². The lowest BCUT2D eigenvalue weighted by molar-refractivity contribution is 0.719. The van der Waals surface area contributed by atoms with Gasteiger partial charge in [0.15, 0.2) is 0 Å². The van der Waals surface area contributed by atoms with Crippen molar-refractivity contribution in [1.29, 1.82) is 0 Å². The third-order valence-electron chi connectivity index (χ3n) is 1.14. The van der Waals surface area contributed by atoms with Gasteiger partial charge in [-0.1, -0.05) is 0 Å². The molecule has 0 aliphatic heterocycles. The Bertz CT molecular complexity index is 93.8. The molecule has 0 radical (unpaired) electrons. The van der Waals surface area contributed by atoms with Crippen LogP contribution in [0.3, 0.4) is 0 Å². The molecule has 0 fully saturated rings. The molecule has 10 heavy (non-hydrogen) atoms. The topological polar surface area (TPSA) is 24.1 Å². The van der Waals surface area contributed by atoms with Gasteiger partial charge < -0.3 is 10.6 Å². The summed E-state index contributed by atoms with van der Waals surface area (Å²) in [6.45, 7) is 6.22. The lowest BCUT2D eigenvalue weighted by Crippen LogP contribution is -2.25. The fourth-order valence-corrected chi connectivity index (χ4v) is 1.20. The molecule has 2 nitrogen and oxygen atoms in total. The van der Waals surface area contributed by atoms with Gasteiger partial charge in [-0.05, 0) is 26.0 Å². The van der Waals surface area contributed by atoms with E-state index in [9.17, 15) is 0 Å². The van der Waals surface area contributed by atoms with E-state index < -0.39 is 0 Å². The number of hydrogen-bond donors (Lipinski definition) is 2. The summed E-state index contributed by atoms with van der Waals surface area (Å²) in [7, 11) is 1.24. The van der Waals surface area contributed by atoms with Crippen molar-refractivity contribution in [2.45, 2.75) is 19.9 Å². The molecule has 0 aromatic carbocycles. The van der Waals surface area contributed by atoms with Crippen molar-refractivity contribution in [3.63, 3.8) is 0 Å². The number of allylic oxidation sites excluding steroid dienone is 1. The largest absolute Gasteiger partial charge is 0.372 e. The molecule has 0 rings (SSSR count). The van der Waals surface area contributed by atoms with Crippen molar-refractivity contribution in [2.75, 3.05) is 13.1 Å². The first-order valence-electron chi connectivity index (χ1n) is 4.03. The van der Waals surface area contributed by atoms with Gasteiger partial charge in [-0.2, -0.15) is 0 Å². The Morgan fingerprint density at radius 3 is 2.10 bits per heavy atom. The van der Waals surface area contributed by atoms with Crippen LogP contribution in [0.15, 0.2) is 11.9 Å². The van der Waals surface area contributed by atoms with E-state index in [1.807, 2.05) is 0 Å². The van der Waals surface area contributed by atoms with E-state index in [4.69, 9.17) is 0 Å². The molecule has 0 unspecified atom stereocenters. The van der Waals surface area contributed by atoms with Crippen molar-refractivity contribution in [3.8, 4) is 0 Å². The van der Waals surface area contributed by atoms with E-state index in [2.05, 4.69) is 30.6 Å². The summed E-state index contributed by atoms with van der Waals surface area (Å²) in [4.78, 5) is 0. The molecule has 0 aromatic heterocycles. The minimum atomic E-state index is 1.00. The third kappa shape index (κ3) is 4.44. The standard InChI is InChI=1S/C7H18N2Si/c1-3-8-7(5-6-10)9-4-2/h5,8-9H,3-4,6H2,1-2,10H3. The monoisotopic (exact) mass is 158 g/mol. The Labute approximate surface area is 66.5 Å². The van der Waals surface area contributed by atoms with Crippen molar-refractivity contribution in [3.05, 3.63) is 11.9 Å². The van der Waals surface area contributed by atoms with Crippen LogP contribution in [0.5, 0.6) is 0 Å². The van der Waals surface area contributed by atoms with E-state index in [1.165, 1.54) is 22.1 Å². The van der Waals surface area contributed by atoms with Gasteiger partial charge in [-0.15, -0.1) is 0 Å². The zero-order chi connectivity index (χ0) is 7.82. The molecule has 0 atom stereocenters. The van der Waals surface area contributed by atoms with Crippen molar-refractivity contribution in [2.24, 2.45) is 0 Å². The van der Waals surface area contributed by atoms with E-state index in [0.29, 0.717) is 0 Å². The van der Waals surface area contributed by atoms with Gasteiger partial charge in [0.25, 0.3) is 0 Å². The fraction of sp³-hybridized carbons (Fsp3) is 0.714. The summed E-state index contributed by atoms with van der Waals surface area (Å²) >= 11 is 0. The summed E-state index contributed by atoms with van der Waals surface area (Å²) in [5, 5.41) is 6.51. The molecule has 3 heteroatoms. The summed E-state index contributed by atoms with van der Waals surface area (Å²) in [6, 6.07) is 1.22. The summed E-state index contributed by atoms with van der Waals surface area (Å²) < 4.78 is 0. The number of rotatable bonds is 5. The van der Waals surface area contributed by atoms with Crippen LogP contribution < -0.4 is 10.6 Å². The Hall–Kier alpha value is -0.443. The Morgan fingerprint density at radius 1 is 1.30 bits per heavy atom. The van der Waals surface area contributed by atoms with Crippen molar-refractivity contribution in [1.82, 2.24) is 10.6 Å². The zero-order valence-corrected chi connectivity index (χ0v) is 9.20. The second-order valence-electron chi connectivity index (χ2n) is 2.09. The molecule has 60 valence electrons. The fourth-order valence-electron chi connectivity index (χ4n) is 0.792. The second kappa shape index (κ2) is 6.67. The smallest absolute Gasteiger partial charge is 0.0941 e. The van der Waals surface area contributed by atoms with Gasteiger partial charge in [0, 0.05) is 23.3 Å². The highest BCUT2D eigenvalue weighted by molar-refractivity contribution is 6.09. The SMILES string of the molecule is CCNC(=CC[SiH3])NCC. The van der Waals surface area contributed by atoms with Crippen LogP contribution in [0.4, 0.5) is 0 Å². The van der Waals surface area contributed by atoms with Gasteiger partial charge in [0.1, 0.15) is 0 Å². The predicted octanol–water partition coefficient (Wildman–Crippen LogP) is -0.170. The Morgan fingerprint density at radius 2 is 1.80 bits per heavy atom. The minimum absolute atomic E-state index is 1.00. The molecule has 0 aliphatic carbocycles. The third-order valence-corrected chi connectivity index (χ3v) is 1.55. The Kier molecular flexibility index (Phi) is 6.38. The van der Waals surface area contributed by atoms with Gasteiger partial charge in [0.2, 0.25) is 0 Å². The molecular formula is C7H18N2Si. The number of nitrogens with one attached hydrogen (secondary N) is 2. The maximum atomic E-state index is 3.26. The highest BCUT2D eigenvalue weighted by Crippen LogP contribution is 1.84. The maximum Gasteiger partial charge on any atom is 0.0941 e. The van der Waals surface area contributed by atoms with E-state index in [1.54, 1.807) is 0 Å². The first-order chi connectivity index (χ1) is 4.85. The lowest BCUT2D eigenvalue weighted by Gasteiger charge is -2.09. The quantitative estimate of drug-likeness (QED) is 0.543. The molecule has 0 heterocycles. The van der Waals surface area contributed by atoms with E-state index >= 15 is 0 Å². The van der Waals surface area contributed by atoms with E-state index in [0.717, 1.165) is 13.1 Å². The Balaban J connectivity index is 3.60. The second-order valence-corrected chi connectivity index (χ2v) is 2.90. The number of hydrogen-bond acceptors (Lipinski definition) is 2. The molecule has 0 aromatic rings.